The van der Waals surface area contributed by atoms with E-state index in [1.54, 1.807) is 6.07 Å². The highest BCUT2D eigenvalue weighted by atomic mass is 32.2. The number of nitrogens with one attached hydrogen (secondary N) is 1. The first-order valence-electron chi connectivity index (χ1n) is 6.20. The zero-order chi connectivity index (χ0) is 13.7. The lowest BCUT2D eigenvalue weighted by atomic mass is 10.4. The minimum Gasteiger partial charge on any atom is -0.370 e. The highest BCUT2D eigenvalue weighted by Gasteiger charge is 2.04. The summed E-state index contributed by atoms with van der Waals surface area (Å²) in [7, 11) is 0. The van der Waals surface area contributed by atoms with Crippen molar-refractivity contribution in [3.05, 3.63) is 42.0 Å². The Labute approximate surface area is 116 Å². The van der Waals surface area contributed by atoms with Gasteiger partial charge in [0.05, 0.1) is 0 Å². The summed E-state index contributed by atoms with van der Waals surface area (Å²) in [5.74, 6) is 1.29. The van der Waals surface area contributed by atoms with Crippen molar-refractivity contribution in [1.29, 1.82) is 0 Å². The van der Waals surface area contributed by atoms with Crippen LogP contribution in [0.2, 0.25) is 0 Å². The van der Waals surface area contributed by atoms with Crippen molar-refractivity contribution in [2.45, 2.75) is 30.2 Å². The van der Waals surface area contributed by atoms with Crippen molar-refractivity contribution in [1.82, 2.24) is 9.97 Å². The highest BCUT2D eigenvalue weighted by Crippen LogP contribution is 2.27. The van der Waals surface area contributed by atoms with E-state index in [0.717, 1.165) is 28.7 Å². The SMILES string of the molecule is CCCNc1cc(Sc2cccc(F)c2)nc(C)n1. The molecule has 0 fully saturated rings. The van der Waals surface area contributed by atoms with Crippen LogP contribution in [0.3, 0.4) is 0 Å². The van der Waals surface area contributed by atoms with Crippen molar-refractivity contribution >= 4 is 17.6 Å². The number of rotatable bonds is 5. The number of benzene rings is 1. The maximum atomic E-state index is 13.1. The van der Waals surface area contributed by atoms with Crippen LogP contribution in [0.15, 0.2) is 40.3 Å². The van der Waals surface area contributed by atoms with Gasteiger partial charge in [-0.3, -0.25) is 0 Å². The maximum absolute atomic E-state index is 13.1. The first-order valence-corrected chi connectivity index (χ1v) is 7.02. The van der Waals surface area contributed by atoms with E-state index >= 15 is 0 Å². The van der Waals surface area contributed by atoms with Gasteiger partial charge in [0.1, 0.15) is 22.5 Å². The Balaban J connectivity index is 2.17. The Morgan fingerprint density at radius 3 is 2.84 bits per heavy atom. The summed E-state index contributed by atoms with van der Waals surface area (Å²) in [5.41, 5.74) is 0. The molecule has 1 aromatic heterocycles. The molecular formula is C14H16FN3S. The van der Waals surface area contributed by atoms with Gasteiger partial charge in [-0.1, -0.05) is 24.8 Å². The Morgan fingerprint density at radius 1 is 1.26 bits per heavy atom. The minimum atomic E-state index is -0.236. The van der Waals surface area contributed by atoms with Crippen molar-refractivity contribution in [2.75, 3.05) is 11.9 Å². The van der Waals surface area contributed by atoms with E-state index in [9.17, 15) is 4.39 Å². The molecule has 1 heterocycles. The topological polar surface area (TPSA) is 37.8 Å². The van der Waals surface area contributed by atoms with Gasteiger partial charge in [-0.05, 0) is 31.5 Å². The number of aromatic nitrogens is 2. The molecule has 0 saturated heterocycles. The Hall–Kier alpha value is -1.62. The van der Waals surface area contributed by atoms with Crippen LogP contribution < -0.4 is 5.32 Å². The zero-order valence-electron chi connectivity index (χ0n) is 11.0. The number of nitrogens with zero attached hydrogens (tertiary/aromatic N) is 2. The van der Waals surface area contributed by atoms with Crippen LogP contribution in [-0.4, -0.2) is 16.5 Å². The Morgan fingerprint density at radius 2 is 2.11 bits per heavy atom. The molecular weight excluding hydrogens is 261 g/mol. The lowest BCUT2D eigenvalue weighted by Crippen LogP contribution is -2.04. The van der Waals surface area contributed by atoms with Crippen LogP contribution >= 0.6 is 11.8 Å². The maximum Gasteiger partial charge on any atom is 0.130 e. The molecule has 1 aromatic carbocycles. The fraction of sp³-hybridized carbons (Fsp3) is 0.286. The molecule has 0 unspecified atom stereocenters. The van der Waals surface area contributed by atoms with Crippen molar-refractivity contribution in [3.63, 3.8) is 0 Å². The second-order valence-corrected chi connectivity index (χ2v) is 5.22. The molecule has 100 valence electrons. The van der Waals surface area contributed by atoms with Gasteiger partial charge >= 0.3 is 0 Å². The standard InChI is InChI=1S/C14H16FN3S/c1-3-7-16-13-9-14(18-10(2)17-13)19-12-6-4-5-11(15)8-12/h4-6,8-9H,3,7H2,1-2H3,(H,16,17,18). The number of hydrogen-bond donors (Lipinski definition) is 1. The molecule has 2 aromatic rings. The summed E-state index contributed by atoms with van der Waals surface area (Å²) in [5, 5.41) is 4.05. The molecule has 0 atom stereocenters. The van der Waals surface area contributed by atoms with E-state index in [1.807, 2.05) is 19.1 Å². The van der Waals surface area contributed by atoms with Gasteiger partial charge in [-0.2, -0.15) is 0 Å². The largest absolute Gasteiger partial charge is 0.370 e. The fourth-order valence-corrected chi connectivity index (χ4v) is 2.50. The number of aryl methyl sites for hydroxylation is 1. The van der Waals surface area contributed by atoms with Crippen LogP contribution in [-0.2, 0) is 0 Å². The van der Waals surface area contributed by atoms with Crippen LogP contribution in [0, 0.1) is 12.7 Å². The van der Waals surface area contributed by atoms with Gasteiger partial charge in [0.2, 0.25) is 0 Å². The van der Waals surface area contributed by atoms with Crippen LogP contribution in [0.1, 0.15) is 19.2 Å². The van der Waals surface area contributed by atoms with E-state index in [-0.39, 0.29) is 5.82 Å². The molecule has 0 aliphatic rings. The molecule has 0 aliphatic carbocycles. The summed E-state index contributed by atoms with van der Waals surface area (Å²) in [6.07, 6.45) is 1.04. The van der Waals surface area contributed by atoms with Gasteiger partial charge in [-0.25, -0.2) is 14.4 Å². The van der Waals surface area contributed by atoms with Crippen molar-refractivity contribution < 1.29 is 4.39 Å². The first kappa shape index (κ1) is 13.8. The Bertz CT molecular complexity index is 560. The molecule has 2 rings (SSSR count). The lowest BCUT2D eigenvalue weighted by Gasteiger charge is -2.07. The second kappa shape index (κ2) is 6.52. The number of anilines is 1. The van der Waals surface area contributed by atoms with Gasteiger partial charge in [0.15, 0.2) is 0 Å². The Kier molecular flexibility index (Phi) is 4.74. The third kappa shape index (κ3) is 4.21. The second-order valence-electron chi connectivity index (χ2n) is 4.12. The molecule has 5 heteroatoms. The first-order chi connectivity index (χ1) is 9.17. The molecule has 0 bridgehead atoms. The summed E-state index contributed by atoms with van der Waals surface area (Å²) in [4.78, 5) is 9.51. The van der Waals surface area contributed by atoms with Gasteiger partial charge < -0.3 is 5.32 Å². The average Bonchev–Trinajstić information content (AvgIpc) is 2.35. The van der Waals surface area contributed by atoms with E-state index in [2.05, 4.69) is 22.2 Å². The molecule has 0 aliphatic heterocycles. The van der Waals surface area contributed by atoms with Gasteiger partial charge in [0, 0.05) is 17.5 Å². The monoisotopic (exact) mass is 277 g/mol. The number of halogens is 1. The quantitative estimate of drug-likeness (QED) is 0.841. The molecule has 0 saturated carbocycles. The summed E-state index contributed by atoms with van der Waals surface area (Å²) in [6.45, 7) is 4.83. The molecule has 0 amide bonds. The summed E-state index contributed by atoms with van der Waals surface area (Å²) < 4.78 is 13.1. The summed E-state index contributed by atoms with van der Waals surface area (Å²) in [6, 6.07) is 8.38. The number of hydrogen-bond acceptors (Lipinski definition) is 4. The van der Waals surface area contributed by atoms with E-state index in [4.69, 9.17) is 0 Å². The predicted octanol–water partition coefficient (Wildman–Crippen LogP) is 3.90. The van der Waals surface area contributed by atoms with Crippen LogP contribution in [0.5, 0.6) is 0 Å². The third-order valence-electron chi connectivity index (χ3n) is 2.39. The molecule has 3 nitrogen and oxygen atoms in total. The highest BCUT2D eigenvalue weighted by molar-refractivity contribution is 7.99. The minimum absolute atomic E-state index is 0.236. The predicted molar refractivity (Wildman–Crippen MR) is 76.1 cm³/mol. The molecule has 0 spiro atoms. The van der Waals surface area contributed by atoms with Crippen LogP contribution in [0.25, 0.3) is 0 Å². The van der Waals surface area contributed by atoms with E-state index < -0.39 is 0 Å². The molecule has 19 heavy (non-hydrogen) atoms. The smallest absolute Gasteiger partial charge is 0.130 e. The van der Waals surface area contributed by atoms with Crippen molar-refractivity contribution in [3.8, 4) is 0 Å². The van der Waals surface area contributed by atoms with E-state index in [0.29, 0.717) is 5.82 Å². The van der Waals surface area contributed by atoms with E-state index in [1.165, 1.54) is 23.9 Å². The lowest BCUT2D eigenvalue weighted by molar-refractivity contribution is 0.624. The summed E-state index contributed by atoms with van der Waals surface area (Å²) >= 11 is 1.43. The third-order valence-corrected chi connectivity index (χ3v) is 3.30. The van der Waals surface area contributed by atoms with Crippen LogP contribution in [0.4, 0.5) is 10.2 Å². The average molecular weight is 277 g/mol. The zero-order valence-corrected chi connectivity index (χ0v) is 11.8. The van der Waals surface area contributed by atoms with Gasteiger partial charge in [0.25, 0.3) is 0 Å². The molecule has 0 radical (unpaired) electrons. The fourth-order valence-electron chi connectivity index (χ4n) is 1.59. The normalized spacial score (nSPS) is 10.5. The van der Waals surface area contributed by atoms with Gasteiger partial charge in [-0.15, -0.1) is 0 Å². The van der Waals surface area contributed by atoms with Crippen molar-refractivity contribution in [2.24, 2.45) is 0 Å². The molecule has 1 N–H and O–H groups in total.